The molecule has 0 bridgehead atoms. The summed E-state index contributed by atoms with van der Waals surface area (Å²) < 4.78 is 7.74. The van der Waals surface area contributed by atoms with Crippen LogP contribution in [-0.2, 0) is 11.3 Å². The highest BCUT2D eigenvalue weighted by molar-refractivity contribution is 5.66. The lowest BCUT2D eigenvalue weighted by Crippen LogP contribution is -3.12. The van der Waals surface area contributed by atoms with Crippen LogP contribution in [0.1, 0.15) is 11.3 Å². The minimum Gasteiger partial charge on any atom is -0.370 e. The summed E-state index contributed by atoms with van der Waals surface area (Å²) in [6, 6.07) is 14.8. The van der Waals surface area contributed by atoms with Gasteiger partial charge in [-0.05, 0) is 24.6 Å². The van der Waals surface area contributed by atoms with E-state index in [2.05, 4.69) is 60.0 Å². The van der Waals surface area contributed by atoms with Crippen molar-refractivity contribution in [3.05, 3.63) is 59.9 Å². The van der Waals surface area contributed by atoms with Gasteiger partial charge in [-0.1, -0.05) is 30.3 Å². The van der Waals surface area contributed by atoms with Crippen LogP contribution >= 0.6 is 0 Å². The van der Waals surface area contributed by atoms with Crippen molar-refractivity contribution in [1.82, 2.24) is 9.38 Å². The van der Waals surface area contributed by atoms with Crippen molar-refractivity contribution < 1.29 is 9.64 Å². The molecule has 3 aromatic rings. The van der Waals surface area contributed by atoms with E-state index in [4.69, 9.17) is 9.72 Å². The van der Waals surface area contributed by atoms with Crippen LogP contribution in [0.15, 0.2) is 48.7 Å². The van der Waals surface area contributed by atoms with Crippen molar-refractivity contribution in [2.75, 3.05) is 26.3 Å². The standard InChI is InChI=1S/C19H21N3O/c1-15-7-8-22-17(14-21-9-11-23-12-10-21)19(20-18(22)13-15)16-5-3-2-4-6-16/h2-8,13H,9-12,14H2,1H3/p+1. The number of morpholine rings is 1. The zero-order chi connectivity index (χ0) is 15.6. The smallest absolute Gasteiger partial charge is 0.138 e. The van der Waals surface area contributed by atoms with Crippen LogP contribution in [0.3, 0.4) is 0 Å². The Kier molecular flexibility index (Phi) is 3.85. The van der Waals surface area contributed by atoms with E-state index in [-0.39, 0.29) is 0 Å². The van der Waals surface area contributed by atoms with Crippen molar-refractivity contribution in [3.8, 4) is 11.3 Å². The first-order valence-electron chi connectivity index (χ1n) is 8.25. The van der Waals surface area contributed by atoms with Crippen LogP contribution in [0.2, 0.25) is 0 Å². The summed E-state index contributed by atoms with van der Waals surface area (Å²) in [7, 11) is 0. The minimum absolute atomic E-state index is 0.853. The summed E-state index contributed by atoms with van der Waals surface area (Å²) >= 11 is 0. The number of ether oxygens (including phenoxy) is 1. The SMILES string of the molecule is Cc1ccn2c(C[NH+]3CCOCC3)c(-c3ccccc3)nc2c1. The molecule has 23 heavy (non-hydrogen) atoms. The van der Waals surface area contributed by atoms with E-state index < -0.39 is 0 Å². The van der Waals surface area contributed by atoms with E-state index >= 15 is 0 Å². The monoisotopic (exact) mass is 308 g/mol. The number of pyridine rings is 1. The second kappa shape index (κ2) is 6.14. The molecule has 1 N–H and O–H groups in total. The topological polar surface area (TPSA) is 31.0 Å². The average molecular weight is 308 g/mol. The summed E-state index contributed by atoms with van der Waals surface area (Å²) in [5.41, 5.74) is 5.87. The highest BCUT2D eigenvalue weighted by Crippen LogP contribution is 2.24. The second-order valence-corrected chi connectivity index (χ2v) is 6.24. The van der Waals surface area contributed by atoms with Crippen LogP contribution < -0.4 is 4.90 Å². The Balaban J connectivity index is 1.81. The fraction of sp³-hybridized carbons (Fsp3) is 0.316. The van der Waals surface area contributed by atoms with Crippen LogP contribution in [0.4, 0.5) is 0 Å². The van der Waals surface area contributed by atoms with Gasteiger partial charge in [-0.15, -0.1) is 0 Å². The molecule has 4 nitrogen and oxygen atoms in total. The van der Waals surface area contributed by atoms with E-state index in [0.717, 1.165) is 44.2 Å². The molecule has 4 heteroatoms. The van der Waals surface area contributed by atoms with E-state index in [1.165, 1.54) is 16.8 Å². The zero-order valence-electron chi connectivity index (χ0n) is 13.5. The van der Waals surface area contributed by atoms with Crippen molar-refractivity contribution in [1.29, 1.82) is 0 Å². The molecule has 0 aliphatic carbocycles. The lowest BCUT2D eigenvalue weighted by Gasteiger charge is -2.24. The molecule has 1 fully saturated rings. The maximum atomic E-state index is 5.49. The number of fused-ring (bicyclic) bond motifs is 1. The molecule has 0 radical (unpaired) electrons. The molecule has 0 spiro atoms. The Morgan fingerprint density at radius 3 is 2.70 bits per heavy atom. The Morgan fingerprint density at radius 2 is 1.91 bits per heavy atom. The van der Waals surface area contributed by atoms with Gasteiger partial charge < -0.3 is 9.64 Å². The fourth-order valence-corrected chi connectivity index (χ4v) is 3.27. The van der Waals surface area contributed by atoms with Gasteiger partial charge in [0.15, 0.2) is 0 Å². The number of quaternary nitrogens is 1. The number of imidazole rings is 1. The van der Waals surface area contributed by atoms with Gasteiger partial charge in [-0.2, -0.15) is 0 Å². The van der Waals surface area contributed by atoms with Crippen molar-refractivity contribution in [2.45, 2.75) is 13.5 Å². The third kappa shape index (κ3) is 2.87. The quantitative estimate of drug-likeness (QED) is 0.799. The molecule has 1 aromatic carbocycles. The number of hydrogen-bond acceptors (Lipinski definition) is 2. The van der Waals surface area contributed by atoms with Gasteiger partial charge in [0.05, 0.1) is 18.9 Å². The predicted octanol–water partition coefficient (Wildman–Crippen LogP) is 1.72. The normalized spacial score (nSPS) is 16.0. The molecular formula is C19H22N3O+. The van der Waals surface area contributed by atoms with Gasteiger partial charge in [0.25, 0.3) is 0 Å². The molecule has 0 unspecified atom stereocenters. The highest BCUT2D eigenvalue weighted by Gasteiger charge is 2.21. The second-order valence-electron chi connectivity index (χ2n) is 6.24. The molecule has 0 atom stereocenters. The van der Waals surface area contributed by atoms with Crippen LogP contribution in [0.25, 0.3) is 16.9 Å². The maximum absolute atomic E-state index is 5.49. The van der Waals surface area contributed by atoms with Gasteiger partial charge in [-0.25, -0.2) is 4.98 Å². The summed E-state index contributed by atoms with van der Waals surface area (Å²) in [6.45, 7) is 6.93. The van der Waals surface area contributed by atoms with Gasteiger partial charge in [-0.3, -0.25) is 4.40 Å². The number of nitrogens with one attached hydrogen (secondary N) is 1. The Hall–Kier alpha value is -2.17. The van der Waals surface area contributed by atoms with Gasteiger partial charge >= 0.3 is 0 Å². The van der Waals surface area contributed by atoms with E-state index in [1.807, 2.05) is 0 Å². The van der Waals surface area contributed by atoms with Crippen LogP contribution in [0, 0.1) is 6.92 Å². The zero-order valence-corrected chi connectivity index (χ0v) is 13.5. The largest absolute Gasteiger partial charge is 0.370 e. The molecule has 0 amide bonds. The van der Waals surface area contributed by atoms with Gasteiger partial charge in [0.2, 0.25) is 0 Å². The third-order valence-corrected chi connectivity index (χ3v) is 4.55. The number of rotatable bonds is 3. The molecule has 1 aliphatic rings. The van der Waals surface area contributed by atoms with Crippen molar-refractivity contribution in [3.63, 3.8) is 0 Å². The lowest BCUT2D eigenvalue weighted by molar-refractivity contribution is -0.921. The number of hydrogen-bond donors (Lipinski definition) is 1. The molecule has 4 rings (SSSR count). The molecule has 2 aromatic heterocycles. The average Bonchev–Trinajstić information content (AvgIpc) is 2.94. The maximum Gasteiger partial charge on any atom is 0.138 e. The number of benzene rings is 1. The lowest BCUT2D eigenvalue weighted by atomic mass is 10.1. The number of aryl methyl sites for hydroxylation is 1. The van der Waals surface area contributed by atoms with Crippen LogP contribution in [0.5, 0.6) is 0 Å². The van der Waals surface area contributed by atoms with E-state index in [0.29, 0.717) is 0 Å². The fourth-order valence-electron chi connectivity index (χ4n) is 3.27. The first-order chi connectivity index (χ1) is 11.3. The van der Waals surface area contributed by atoms with Gasteiger partial charge in [0, 0.05) is 11.8 Å². The van der Waals surface area contributed by atoms with Crippen molar-refractivity contribution in [2.24, 2.45) is 0 Å². The van der Waals surface area contributed by atoms with Crippen LogP contribution in [-0.4, -0.2) is 35.7 Å². The Morgan fingerprint density at radius 1 is 1.13 bits per heavy atom. The number of aromatic nitrogens is 2. The summed E-state index contributed by atoms with van der Waals surface area (Å²) in [5.74, 6) is 0. The molecular weight excluding hydrogens is 286 g/mol. The highest BCUT2D eigenvalue weighted by atomic mass is 16.5. The van der Waals surface area contributed by atoms with E-state index in [1.54, 1.807) is 4.90 Å². The summed E-state index contributed by atoms with van der Waals surface area (Å²) in [6.07, 6.45) is 2.15. The molecule has 3 heterocycles. The predicted molar refractivity (Wildman–Crippen MR) is 90.6 cm³/mol. The van der Waals surface area contributed by atoms with E-state index in [9.17, 15) is 0 Å². The third-order valence-electron chi connectivity index (χ3n) is 4.55. The van der Waals surface area contributed by atoms with Crippen molar-refractivity contribution >= 4 is 5.65 Å². The summed E-state index contributed by atoms with van der Waals surface area (Å²) in [4.78, 5) is 6.49. The Bertz CT molecular complexity index is 804. The molecule has 1 saturated heterocycles. The molecule has 1 aliphatic heterocycles. The minimum atomic E-state index is 0.853. The summed E-state index contributed by atoms with van der Waals surface area (Å²) in [5, 5.41) is 0. The molecule has 118 valence electrons. The Labute approximate surface area is 136 Å². The molecule has 0 saturated carbocycles. The first-order valence-corrected chi connectivity index (χ1v) is 8.25. The number of nitrogens with zero attached hydrogens (tertiary/aromatic N) is 2. The van der Waals surface area contributed by atoms with Gasteiger partial charge in [0.1, 0.15) is 31.0 Å². The first kappa shape index (κ1) is 14.4.